The molecule has 0 fully saturated rings. The van der Waals surface area contributed by atoms with Crippen LogP contribution in [-0.2, 0) is 10.0 Å². The summed E-state index contributed by atoms with van der Waals surface area (Å²) < 4.78 is 29.7. The average Bonchev–Trinajstić information content (AvgIpc) is 3.08. The molecule has 1 heterocycles. The predicted molar refractivity (Wildman–Crippen MR) is 129 cm³/mol. The van der Waals surface area contributed by atoms with E-state index in [0.717, 1.165) is 16.9 Å². The van der Waals surface area contributed by atoms with Crippen molar-refractivity contribution in [2.24, 2.45) is 0 Å². The lowest BCUT2D eigenvalue weighted by Gasteiger charge is -2.11. The maximum absolute atomic E-state index is 13.0. The first-order valence-electron chi connectivity index (χ1n) is 10.4. The van der Waals surface area contributed by atoms with Gasteiger partial charge in [0, 0.05) is 11.3 Å². The highest BCUT2D eigenvalue weighted by Crippen LogP contribution is 2.24. The lowest BCUT2D eigenvalue weighted by molar-refractivity contribution is 0.102. The van der Waals surface area contributed by atoms with Crippen molar-refractivity contribution in [3.05, 3.63) is 101 Å². The molecule has 2 N–H and O–H groups in total. The number of para-hydroxylation sites is 1. The van der Waals surface area contributed by atoms with Crippen LogP contribution in [0.4, 0.5) is 11.4 Å². The van der Waals surface area contributed by atoms with E-state index in [1.54, 1.807) is 47.1 Å². The number of amides is 1. The predicted octanol–water partition coefficient (Wildman–Crippen LogP) is 4.85. The van der Waals surface area contributed by atoms with Gasteiger partial charge in [0.05, 0.1) is 27.7 Å². The molecule has 0 unspecified atom stereocenters. The van der Waals surface area contributed by atoms with E-state index in [-0.39, 0.29) is 10.8 Å². The molecule has 0 saturated heterocycles. The van der Waals surface area contributed by atoms with E-state index < -0.39 is 10.0 Å². The first-order chi connectivity index (χ1) is 15.7. The van der Waals surface area contributed by atoms with Crippen molar-refractivity contribution < 1.29 is 13.2 Å². The van der Waals surface area contributed by atoms with Crippen LogP contribution in [0.25, 0.3) is 5.69 Å². The molecule has 0 spiro atoms. The van der Waals surface area contributed by atoms with E-state index in [2.05, 4.69) is 15.1 Å². The Kier molecular flexibility index (Phi) is 6.02. The molecule has 4 aromatic rings. The number of aromatic nitrogens is 2. The van der Waals surface area contributed by atoms with Crippen LogP contribution in [0.15, 0.2) is 83.8 Å². The number of hydrogen-bond donors (Lipinski definition) is 2. The lowest BCUT2D eigenvalue weighted by Crippen LogP contribution is -2.15. The first-order valence-corrected chi connectivity index (χ1v) is 11.9. The Morgan fingerprint density at radius 3 is 2.27 bits per heavy atom. The molecule has 0 atom stereocenters. The molecule has 33 heavy (non-hydrogen) atoms. The van der Waals surface area contributed by atoms with Gasteiger partial charge in [0.2, 0.25) is 0 Å². The zero-order valence-electron chi connectivity index (χ0n) is 18.5. The molecular formula is C25H24N4O3S. The highest BCUT2D eigenvalue weighted by molar-refractivity contribution is 7.92. The average molecular weight is 461 g/mol. The van der Waals surface area contributed by atoms with Crippen LogP contribution in [0.5, 0.6) is 0 Å². The van der Waals surface area contributed by atoms with Gasteiger partial charge in [-0.05, 0) is 63.2 Å². The Labute approximate surface area is 193 Å². The van der Waals surface area contributed by atoms with Crippen LogP contribution in [0.1, 0.15) is 27.3 Å². The van der Waals surface area contributed by atoms with Gasteiger partial charge in [0.15, 0.2) is 0 Å². The highest BCUT2D eigenvalue weighted by Gasteiger charge is 2.18. The summed E-state index contributed by atoms with van der Waals surface area (Å²) in [5.41, 5.74) is 4.58. The molecule has 0 saturated carbocycles. The van der Waals surface area contributed by atoms with E-state index >= 15 is 0 Å². The number of anilines is 2. The van der Waals surface area contributed by atoms with Gasteiger partial charge < -0.3 is 5.32 Å². The maximum Gasteiger partial charge on any atom is 0.261 e. The summed E-state index contributed by atoms with van der Waals surface area (Å²) in [5, 5.41) is 7.46. The number of sulfonamides is 1. The number of carbonyl (C=O) groups is 1. The zero-order chi connectivity index (χ0) is 23.6. The molecule has 0 radical (unpaired) electrons. The minimum Gasteiger partial charge on any atom is -0.319 e. The monoisotopic (exact) mass is 460 g/mol. The zero-order valence-corrected chi connectivity index (χ0v) is 19.3. The number of carbonyl (C=O) groups excluding carboxylic acids is 1. The molecule has 0 aliphatic heterocycles. The number of nitrogens with one attached hydrogen (secondary N) is 2. The van der Waals surface area contributed by atoms with Gasteiger partial charge >= 0.3 is 0 Å². The maximum atomic E-state index is 13.0. The fourth-order valence-corrected chi connectivity index (χ4v) is 4.53. The highest BCUT2D eigenvalue weighted by atomic mass is 32.2. The Balaban J connectivity index is 1.55. The van der Waals surface area contributed by atoms with Gasteiger partial charge in [-0.3, -0.25) is 9.52 Å². The number of aryl methyl sites for hydroxylation is 2. The van der Waals surface area contributed by atoms with E-state index in [0.29, 0.717) is 22.6 Å². The van der Waals surface area contributed by atoms with Crippen molar-refractivity contribution in [1.29, 1.82) is 0 Å². The van der Waals surface area contributed by atoms with Gasteiger partial charge in [-0.1, -0.05) is 42.0 Å². The number of benzene rings is 3. The molecule has 168 valence electrons. The van der Waals surface area contributed by atoms with Crippen molar-refractivity contribution in [3.8, 4) is 5.69 Å². The minimum atomic E-state index is -3.77. The van der Waals surface area contributed by atoms with Crippen molar-refractivity contribution in [2.75, 3.05) is 10.0 Å². The van der Waals surface area contributed by atoms with Crippen molar-refractivity contribution in [2.45, 2.75) is 25.7 Å². The van der Waals surface area contributed by atoms with E-state index in [9.17, 15) is 13.2 Å². The van der Waals surface area contributed by atoms with Crippen LogP contribution < -0.4 is 10.0 Å². The Morgan fingerprint density at radius 1 is 0.879 bits per heavy atom. The summed E-state index contributed by atoms with van der Waals surface area (Å²) >= 11 is 0. The fraction of sp³-hybridized carbons (Fsp3) is 0.120. The van der Waals surface area contributed by atoms with Crippen LogP contribution in [0.2, 0.25) is 0 Å². The van der Waals surface area contributed by atoms with Crippen molar-refractivity contribution in [1.82, 2.24) is 9.78 Å². The molecule has 1 aromatic heterocycles. The molecule has 7 nitrogen and oxygen atoms in total. The van der Waals surface area contributed by atoms with E-state index in [1.165, 1.54) is 6.07 Å². The summed E-state index contributed by atoms with van der Waals surface area (Å²) in [6, 6.07) is 22.6. The van der Waals surface area contributed by atoms with Crippen molar-refractivity contribution >= 4 is 27.3 Å². The Bertz CT molecular complexity index is 1410. The smallest absolute Gasteiger partial charge is 0.261 e. The SMILES string of the molecule is Cc1ccc(S(=O)(=O)Nc2cccc(C(=O)Nc3c(C)nn(-c4ccccc4)c3C)c2)cc1. The number of rotatable bonds is 6. The van der Waals surface area contributed by atoms with E-state index in [4.69, 9.17) is 0 Å². The topological polar surface area (TPSA) is 93.1 Å². The molecule has 0 aliphatic carbocycles. The number of nitrogens with zero attached hydrogens (tertiary/aromatic N) is 2. The van der Waals surface area contributed by atoms with Crippen LogP contribution in [-0.4, -0.2) is 24.1 Å². The van der Waals surface area contributed by atoms with Gasteiger partial charge in [0.1, 0.15) is 0 Å². The summed E-state index contributed by atoms with van der Waals surface area (Å²) in [5.74, 6) is -0.356. The van der Waals surface area contributed by atoms with Gasteiger partial charge in [0.25, 0.3) is 15.9 Å². The second-order valence-electron chi connectivity index (χ2n) is 7.75. The standard InChI is InChI=1S/C25H24N4O3S/c1-17-12-14-23(15-13-17)33(31,32)28-21-9-7-8-20(16-21)25(30)26-24-18(2)27-29(19(24)3)22-10-5-4-6-11-22/h4-16,28H,1-3H3,(H,26,30). The second kappa shape index (κ2) is 8.91. The molecule has 1 amide bonds. The Hall–Kier alpha value is -3.91. The summed E-state index contributed by atoms with van der Waals surface area (Å²) in [6.45, 7) is 5.60. The van der Waals surface area contributed by atoms with Gasteiger partial charge in [-0.15, -0.1) is 0 Å². The van der Waals surface area contributed by atoms with Crippen molar-refractivity contribution in [3.63, 3.8) is 0 Å². The largest absolute Gasteiger partial charge is 0.319 e. The summed E-state index contributed by atoms with van der Waals surface area (Å²) in [4.78, 5) is 13.1. The summed E-state index contributed by atoms with van der Waals surface area (Å²) in [7, 11) is -3.77. The molecule has 8 heteroatoms. The van der Waals surface area contributed by atoms with Gasteiger partial charge in [-0.25, -0.2) is 13.1 Å². The molecular weight excluding hydrogens is 436 g/mol. The summed E-state index contributed by atoms with van der Waals surface area (Å²) in [6.07, 6.45) is 0. The third-order valence-electron chi connectivity index (χ3n) is 5.24. The van der Waals surface area contributed by atoms with Crippen LogP contribution in [0.3, 0.4) is 0 Å². The van der Waals surface area contributed by atoms with Crippen LogP contribution >= 0.6 is 0 Å². The third-order valence-corrected chi connectivity index (χ3v) is 6.64. The normalized spacial score (nSPS) is 11.2. The Morgan fingerprint density at radius 2 is 1.58 bits per heavy atom. The molecule has 0 aliphatic rings. The lowest BCUT2D eigenvalue weighted by atomic mass is 10.2. The minimum absolute atomic E-state index is 0.155. The quantitative estimate of drug-likeness (QED) is 0.430. The van der Waals surface area contributed by atoms with E-state index in [1.807, 2.05) is 51.1 Å². The molecule has 3 aromatic carbocycles. The second-order valence-corrected chi connectivity index (χ2v) is 9.43. The third kappa shape index (κ3) is 4.80. The van der Waals surface area contributed by atoms with Crippen LogP contribution in [0, 0.1) is 20.8 Å². The first kappa shape index (κ1) is 22.3. The van der Waals surface area contributed by atoms with Gasteiger partial charge in [-0.2, -0.15) is 5.10 Å². The fourth-order valence-electron chi connectivity index (χ4n) is 3.49. The number of hydrogen-bond acceptors (Lipinski definition) is 4. The molecule has 4 rings (SSSR count). The molecule has 0 bridgehead atoms.